The van der Waals surface area contributed by atoms with E-state index in [0.717, 1.165) is 55.7 Å². The molecule has 0 aliphatic heterocycles. The highest BCUT2D eigenvalue weighted by Crippen LogP contribution is 2.65. The van der Waals surface area contributed by atoms with Gasteiger partial charge in [-0.05, 0) is 130 Å². The first-order valence-electron chi connectivity index (χ1n) is 23.6. The first-order chi connectivity index (χ1) is 32.3. The van der Waals surface area contributed by atoms with E-state index in [-0.39, 0.29) is 5.41 Å². The summed E-state index contributed by atoms with van der Waals surface area (Å²) in [5, 5.41) is 3.19. The second kappa shape index (κ2) is 16.3. The SMILES string of the molecule is CP(C)(=O)c1cccc(-c2ccc(C3(c4ccc(-c5nc(-c6ccc(-c7ccccc7-c7ccccc7)cc6)nc(-c6cccc7ccccc67)n5)cc4)C4CC5CC(C4)CC3C5)cc2)c1. The van der Waals surface area contributed by atoms with E-state index in [1.807, 2.05) is 25.5 Å². The molecule has 9 aromatic rings. The Balaban J connectivity index is 0.943. The zero-order chi connectivity index (χ0) is 44.4. The van der Waals surface area contributed by atoms with Crippen LogP contribution in [0.15, 0.2) is 194 Å². The molecule has 13 rings (SSSR count). The van der Waals surface area contributed by atoms with E-state index in [1.54, 1.807) is 0 Å². The molecule has 1 heterocycles. The summed E-state index contributed by atoms with van der Waals surface area (Å²) in [4.78, 5) is 15.7. The van der Waals surface area contributed by atoms with Gasteiger partial charge in [-0.15, -0.1) is 0 Å². The lowest BCUT2D eigenvalue weighted by Crippen LogP contribution is -2.56. The maximum Gasteiger partial charge on any atom is 0.164 e. The standard InChI is InChI=1S/C61H52N3OP/c1-66(2,65)53-17-10-16-48(39-53)42-26-30-49(31-27-42)61(51-35-40-34-41(37-51)38-52(61)36-40)50-32-28-47(29-33-50)59-62-58(63-60(64-59)57-21-11-15-44-14-6-7-20-56(44)57)46-24-22-45(23-25-46)55-19-9-8-18-54(55)43-12-4-3-5-13-43/h3-33,39-41,51-52H,34-38H2,1-2H3. The molecule has 0 unspecified atom stereocenters. The topological polar surface area (TPSA) is 55.7 Å². The van der Waals surface area contributed by atoms with E-state index in [9.17, 15) is 4.57 Å². The summed E-state index contributed by atoms with van der Waals surface area (Å²) in [6.45, 7) is 3.71. The first-order valence-corrected chi connectivity index (χ1v) is 26.2. The molecular formula is C61H52N3OP. The van der Waals surface area contributed by atoms with Gasteiger partial charge >= 0.3 is 0 Å². The van der Waals surface area contributed by atoms with Gasteiger partial charge in [0.25, 0.3) is 0 Å². The monoisotopic (exact) mass is 873 g/mol. The molecular weight excluding hydrogens is 822 g/mol. The summed E-state index contributed by atoms with van der Waals surface area (Å²) in [5.74, 6) is 4.86. The van der Waals surface area contributed by atoms with Gasteiger partial charge in [-0.25, -0.2) is 15.0 Å². The molecule has 0 spiro atoms. The van der Waals surface area contributed by atoms with Gasteiger partial charge in [-0.3, -0.25) is 0 Å². The highest BCUT2D eigenvalue weighted by atomic mass is 31.2. The molecule has 4 saturated carbocycles. The predicted molar refractivity (Wildman–Crippen MR) is 273 cm³/mol. The Bertz CT molecular complexity index is 3270. The van der Waals surface area contributed by atoms with Gasteiger partial charge in [0.15, 0.2) is 17.5 Å². The summed E-state index contributed by atoms with van der Waals surface area (Å²) in [6.07, 6.45) is 6.58. The fourth-order valence-corrected chi connectivity index (χ4v) is 13.4. The molecule has 0 atom stereocenters. The van der Waals surface area contributed by atoms with Crippen LogP contribution < -0.4 is 5.30 Å². The van der Waals surface area contributed by atoms with E-state index in [1.165, 1.54) is 65.5 Å². The number of aromatic nitrogens is 3. The number of rotatable bonds is 9. The smallest absolute Gasteiger partial charge is 0.164 e. The summed E-state index contributed by atoms with van der Waals surface area (Å²) in [5.41, 5.74) is 12.7. The average molecular weight is 874 g/mol. The van der Waals surface area contributed by atoms with Crippen LogP contribution in [-0.2, 0) is 9.98 Å². The van der Waals surface area contributed by atoms with Crippen molar-refractivity contribution in [3.05, 3.63) is 205 Å². The first kappa shape index (κ1) is 40.7. The Morgan fingerprint density at radius 1 is 0.409 bits per heavy atom. The van der Waals surface area contributed by atoms with Gasteiger partial charge in [-0.1, -0.05) is 188 Å². The quantitative estimate of drug-likeness (QED) is 0.136. The van der Waals surface area contributed by atoms with Crippen molar-refractivity contribution in [1.29, 1.82) is 0 Å². The van der Waals surface area contributed by atoms with Gasteiger partial charge < -0.3 is 4.57 Å². The molecule has 8 aromatic carbocycles. The third-order valence-corrected chi connectivity index (χ3v) is 16.9. The van der Waals surface area contributed by atoms with Crippen molar-refractivity contribution in [3.8, 4) is 67.5 Å². The number of benzene rings is 8. The van der Waals surface area contributed by atoms with E-state index in [2.05, 4.69) is 182 Å². The summed E-state index contributed by atoms with van der Waals surface area (Å²) < 4.78 is 13.0. The van der Waals surface area contributed by atoms with E-state index >= 15 is 0 Å². The third kappa shape index (κ3) is 7.15. The van der Waals surface area contributed by atoms with Gasteiger partial charge in [0, 0.05) is 27.4 Å². The normalized spacial score (nSPS) is 21.0. The third-order valence-electron chi connectivity index (χ3n) is 15.3. The molecule has 4 bridgehead atoms. The molecule has 4 nitrogen and oxygen atoms in total. The molecule has 0 N–H and O–H groups in total. The summed E-state index contributed by atoms with van der Waals surface area (Å²) in [6, 6.07) is 69.8. The zero-order valence-corrected chi connectivity index (χ0v) is 38.4. The molecule has 4 aliphatic rings. The molecule has 5 heteroatoms. The minimum atomic E-state index is -2.37. The number of fused-ring (bicyclic) bond motifs is 1. The Morgan fingerprint density at radius 2 is 0.864 bits per heavy atom. The van der Waals surface area contributed by atoms with Crippen molar-refractivity contribution in [2.45, 2.75) is 37.5 Å². The van der Waals surface area contributed by atoms with Gasteiger partial charge in [0.1, 0.15) is 7.14 Å². The molecule has 0 saturated heterocycles. The van der Waals surface area contributed by atoms with Gasteiger partial charge in [0.05, 0.1) is 0 Å². The van der Waals surface area contributed by atoms with Crippen molar-refractivity contribution in [3.63, 3.8) is 0 Å². The van der Waals surface area contributed by atoms with Crippen LogP contribution in [0.2, 0.25) is 0 Å². The van der Waals surface area contributed by atoms with Gasteiger partial charge in [-0.2, -0.15) is 0 Å². The van der Waals surface area contributed by atoms with Crippen molar-refractivity contribution in [2.24, 2.45) is 23.7 Å². The Labute approximate surface area is 388 Å². The highest BCUT2D eigenvalue weighted by molar-refractivity contribution is 7.70. The largest absolute Gasteiger partial charge is 0.319 e. The predicted octanol–water partition coefficient (Wildman–Crippen LogP) is 15.0. The van der Waals surface area contributed by atoms with Crippen molar-refractivity contribution in [2.75, 3.05) is 13.3 Å². The minimum absolute atomic E-state index is 0.0614. The number of nitrogens with zero attached hydrogens (tertiary/aromatic N) is 3. The van der Waals surface area contributed by atoms with Crippen LogP contribution in [0.3, 0.4) is 0 Å². The second-order valence-electron chi connectivity index (χ2n) is 19.6. The van der Waals surface area contributed by atoms with E-state index in [0.29, 0.717) is 29.3 Å². The Hall–Kier alpha value is -6.74. The van der Waals surface area contributed by atoms with Crippen LogP contribution in [-0.4, -0.2) is 28.3 Å². The molecule has 4 aliphatic carbocycles. The molecule has 322 valence electrons. The van der Waals surface area contributed by atoms with Crippen LogP contribution in [0, 0.1) is 23.7 Å². The molecule has 66 heavy (non-hydrogen) atoms. The fraction of sp³-hybridized carbons (Fsp3) is 0.197. The second-order valence-corrected chi connectivity index (χ2v) is 22.8. The Kier molecular flexibility index (Phi) is 10.1. The lowest BCUT2D eigenvalue weighted by molar-refractivity contribution is -0.0418. The Morgan fingerprint density at radius 3 is 1.48 bits per heavy atom. The molecule has 0 amide bonds. The van der Waals surface area contributed by atoms with Crippen molar-refractivity contribution in [1.82, 2.24) is 15.0 Å². The molecule has 0 radical (unpaired) electrons. The number of hydrogen-bond donors (Lipinski definition) is 0. The van der Waals surface area contributed by atoms with E-state index in [4.69, 9.17) is 15.0 Å². The van der Waals surface area contributed by atoms with Crippen LogP contribution in [0.1, 0.15) is 43.2 Å². The van der Waals surface area contributed by atoms with Crippen LogP contribution in [0.5, 0.6) is 0 Å². The number of hydrogen-bond acceptors (Lipinski definition) is 4. The zero-order valence-electron chi connectivity index (χ0n) is 37.5. The summed E-state index contributed by atoms with van der Waals surface area (Å²) in [7, 11) is -2.37. The maximum absolute atomic E-state index is 13.0. The fourth-order valence-electron chi connectivity index (χ4n) is 12.5. The van der Waals surface area contributed by atoms with Crippen LogP contribution >= 0.6 is 7.14 Å². The van der Waals surface area contributed by atoms with Gasteiger partial charge in [0.2, 0.25) is 0 Å². The minimum Gasteiger partial charge on any atom is -0.319 e. The molecule has 4 fully saturated rings. The lowest BCUT2D eigenvalue weighted by Gasteiger charge is -2.62. The summed E-state index contributed by atoms with van der Waals surface area (Å²) >= 11 is 0. The van der Waals surface area contributed by atoms with Crippen molar-refractivity contribution >= 4 is 23.2 Å². The average Bonchev–Trinajstić information content (AvgIpc) is 3.36. The lowest BCUT2D eigenvalue weighted by atomic mass is 9.42. The highest BCUT2D eigenvalue weighted by Gasteiger charge is 2.58. The maximum atomic E-state index is 13.0. The van der Waals surface area contributed by atoms with Crippen LogP contribution in [0.4, 0.5) is 0 Å². The molecule has 1 aromatic heterocycles. The van der Waals surface area contributed by atoms with Crippen LogP contribution in [0.25, 0.3) is 78.3 Å². The van der Waals surface area contributed by atoms with Crippen molar-refractivity contribution < 1.29 is 4.57 Å². The van der Waals surface area contributed by atoms with E-state index < -0.39 is 7.14 Å².